The fourth-order valence-corrected chi connectivity index (χ4v) is 2.48. The van der Waals surface area contributed by atoms with Crippen LogP contribution in [0.5, 0.6) is 0 Å². The van der Waals surface area contributed by atoms with Crippen LogP contribution in [0.1, 0.15) is 20.8 Å². The first-order valence-corrected chi connectivity index (χ1v) is 5.63. The van der Waals surface area contributed by atoms with Crippen LogP contribution in [0.3, 0.4) is 0 Å². The minimum Gasteiger partial charge on any atom is -0.0988 e. The molecule has 0 amide bonds. The van der Waals surface area contributed by atoms with Crippen molar-refractivity contribution in [1.82, 2.24) is 0 Å². The van der Waals surface area contributed by atoms with E-state index < -0.39 is 0 Å². The lowest BCUT2D eigenvalue weighted by molar-refractivity contribution is 1.22. The average Bonchev–Trinajstić information content (AvgIpc) is 1.58. The van der Waals surface area contributed by atoms with E-state index in [1.54, 1.807) is 0 Å². The third-order valence-electron chi connectivity index (χ3n) is 1.45. The zero-order valence-electron chi connectivity index (χ0n) is 6.90. The number of alkyl halides is 2. The summed E-state index contributed by atoms with van der Waals surface area (Å²) in [5, 5.41) is 0. The fourth-order valence-electron chi connectivity index (χ4n) is 1.21. The van der Waals surface area contributed by atoms with Crippen LogP contribution < -0.4 is 0 Å². The van der Waals surface area contributed by atoms with Gasteiger partial charge in [0.25, 0.3) is 0 Å². The van der Waals surface area contributed by atoms with Gasteiger partial charge in [-0.25, -0.2) is 0 Å². The van der Waals surface area contributed by atoms with Crippen molar-refractivity contribution in [1.29, 1.82) is 0 Å². The Labute approximate surface area is 82.3 Å². The number of hydrogen-bond acceptors (Lipinski definition) is 0. The van der Waals surface area contributed by atoms with Gasteiger partial charge in [-0.15, -0.1) is 0 Å². The Balaban J connectivity index is 3.34. The molecule has 0 nitrogen and oxygen atoms in total. The zero-order valence-corrected chi connectivity index (χ0v) is 10.1. The Morgan fingerprint density at radius 2 is 1.20 bits per heavy atom. The van der Waals surface area contributed by atoms with E-state index in [0.29, 0.717) is 9.45 Å². The summed E-state index contributed by atoms with van der Waals surface area (Å²) in [6.45, 7) is 6.71. The van der Waals surface area contributed by atoms with Gasteiger partial charge in [0, 0.05) is 0 Å². The summed E-state index contributed by atoms with van der Waals surface area (Å²) >= 11 is 7.10. The number of hydrogen-bond donors (Lipinski definition) is 0. The van der Waals surface area contributed by atoms with Crippen LogP contribution in [0.2, 0.25) is 5.72 Å². The Morgan fingerprint density at radius 3 is 1.40 bits per heavy atom. The van der Waals surface area contributed by atoms with Gasteiger partial charge in [-0.2, -0.15) is 0 Å². The third kappa shape index (κ3) is 7.20. The molecule has 10 heavy (non-hydrogen) atoms. The topological polar surface area (TPSA) is 0 Å². The summed E-state index contributed by atoms with van der Waals surface area (Å²) in [6.07, 6.45) is 0. The van der Waals surface area contributed by atoms with Gasteiger partial charge in [0.1, 0.15) is 14.6 Å². The molecule has 0 spiro atoms. The van der Waals surface area contributed by atoms with Crippen molar-refractivity contribution in [2.75, 3.05) is 0 Å². The molecule has 0 aliphatic heterocycles. The van der Waals surface area contributed by atoms with Gasteiger partial charge < -0.3 is 0 Å². The van der Waals surface area contributed by atoms with E-state index in [0.717, 1.165) is 5.72 Å². The molecule has 0 aliphatic carbocycles. The molecule has 3 atom stereocenters. The Kier molecular flexibility index (Phi) is 6.33. The van der Waals surface area contributed by atoms with E-state index in [2.05, 4.69) is 52.6 Å². The quantitative estimate of drug-likeness (QED) is 0.541. The molecule has 4 heteroatoms. The smallest absolute Gasteiger partial charge is 0.0988 e. The summed E-state index contributed by atoms with van der Waals surface area (Å²) in [7, 11) is 2.55. The molecular formula is C6H14B2Br2. The van der Waals surface area contributed by atoms with Gasteiger partial charge in [-0.3, -0.25) is 0 Å². The van der Waals surface area contributed by atoms with E-state index in [4.69, 9.17) is 0 Å². The highest BCUT2D eigenvalue weighted by molar-refractivity contribution is 9.10. The standard InChI is InChI=1S/C6H14B2Br2/c1-4(7-5(2)9)8-6(3)10/h4-8H,1-3H3/t4-,5+,6-. The summed E-state index contributed by atoms with van der Waals surface area (Å²) in [5.74, 6) is 0. The zero-order chi connectivity index (χ0) is 8.15. The Morgan fingerprint density at radius 1 is 0.900 bits per heavy atom. The highest BCUT2D eigenvalue weighted by Gasteiger charge is 2.11. The highest BCUT2D eigenvalue weighted by atomic mass is 79.9. The molecule has 0 fully saturated rings. The minimum absolute atomic E-state index is 0.661. The van der Waals surface area contributed by atoms with Crippen molar-refractivity contribution < 1.29 is 0 Å². The first kappa shape index (κ1) is 11.1. The second-order valence-electron chi connectivity index (χ2n) is 3.14. The largest absolute Gasteiger partial charge is 0.132 e. The second kappa shape index (κ2) is 5.70. The highest BCUT2D eigenvalue weighted by Crippen LogP contribution is 2.10. The lowest BCUT2D eigenvalue weighted by Gasteiger charge is -2.10. The third-order valence-corrected chi connectivity index (χ3v) is 2.20. The van der Waals surface area contributed by atoms with Gasteiger partial charge >= 0.3 is 0 Å². The maximum absolute atomic E-state index is 3.55. The van der Waals surface area contributed by atoms with Crippen molar-refractivity contribution >= 4 is 46.4 Å². The molecule has 0 rings (SSSR count). The van der Waals surface area contributed by atoms with Crippen LogP contribution in [0, 0.1) is 0 Å². The molecule has 0 saturated heterocycles. The van der Waals surface area contributed by atoms with E-state index >= 15 is 0 Å². The average molecular weight is 268 g/mol. The van der Waals surface area contributed by atoms with Crippen molar-refractivity contribution in [2.24, 2.45) is 0 Å². The van der Waals surface area contributed by atoms with Gasteiger partial charge in [-0.1, -0.05) is 58.3 Å². The van der Waals surface area contributed by atoms with Crippen LogP contribution in [0.4, 0.5) is 0 Å². The SMILES string of the molecule is C[C@H](B[C@H](C)Br)B[C@@H](C)Br. The monoisotopic (exact) mass is 266 g/mol. The first-order chi connectivity index (χ1) is 4.52. The van der Waals surface area contributed by atoms with Crippen molar-refractivity contribution in [2.45, 2.75) is 35.9 Å². The van der Waals surface area contributed by atoms with E-state index in [1.165, 1.54) is 14.6 Å². The molecule has 0 aromatic heterocycles. The summed E-state index contributed by atoms with van der Waals surface area (Å²) in [4.78, 5) is 0. The van der Waals surface area contributed by atoms with Crippen LogP contribution in [-0.4, -0.2) is 24.0 Å². The maximum Gasteiger partial charge on any atom is 0.132 e. The van der Waals surface area contributed by atoms with Crippen LogP contribution in [-0.2, 0) is 0 Å². The molecule has 0 radical (unpaired) electrons. The summed E-state index contributed by atoms with van der Waals surface area (Å²) in [5.41, 5.74) is 0.823. The van der Waals surface area contributed by atoms with Gasteiger partial charge in [0.15, 0.2) is 0 Å². The first-order valence-electron chi connectivity index (χ1n) is 3.80. The molecule has 0 heterocycles. The van der Waals surface area contributed by atoms with E-state index in [-0.39, 0.29) is 0 Å². The molecule has 0 N–H and O–H groups in total. The van der Waals surface area contributed by atoms with Crippen LogP contribution in [0.25, 0.3) is 0 Å². The molecular weight excluding hydrogens is 253 g/mol. The summed E-state index contributed by atoms with van der Waals surface area (Å²) < 4.78 is 1.32. The molecule has 58 valence electrons. The molecule has 0 bridgehead atoms. The van der Waals surface area contributed by atoms with Crippen molar-refractivity contribution in [3.05, 3.63) is 0 Å². The predicted octanol–water partition coefficient (Wildman–Crippen LogP) is 2.11. The van der Waals surface area contributed by atoms with Gasteiger partial charge in [-0.05, 0) is 9.45 Å². The lowest BCUT2D eigenvalue weighted by atomic mass is 9.44. The fraction of sp³-hybridized carbons (Fsp3) is 1.00. The lowest BCUT2D eigenvalue weighted by Crippen LogP contribution is -2.20. The van der Waals surface area contributed by atoms with Crippen molar-refractivity contribution in [3.63, 3.8) is 0 Å². The number of rotatable bonds is 4. The Bertz CT molecular complexity index is 75.8. The molecule has 0 aromatic rings. The molecule has 0 aliphatic rings. The maximum atomic E-state index is 3.55. The predicted molar refractivity (Wildman–Crippen MR) is 60.5 cm³/mol. The van der Waals surface area contributed by atoms with E-state index in [1.807, 2.05) is 0 Å². The molecule has 0 aromatic carbocycles. The minimum atomic E-state index is 0.661. The Hall–Kier alpha value is 1.09. The van der Waals surface area contributed by atoms with Crippen LogP contribution >= 0.6 is 31.9 Å². The van der Waals surface area contributed by atoms with Gasteiger partial charge in [0.2, 0.25) is 0 Å². The normalized spacial score (nSPS) is 19.3. The number of halogens is 2. The van der Waals surface area contributed by atoms with Crippen molar-refractivity contribution in [3.8, 4) is 0 Å². The van der Waals surface area contributed by atoms with E-state index in [9.17, 15) is 0 Å². The molecule has 0 unspecified atom stereocenters. The van der Waals surface area contributed by atoms with Gasteiger partial charge in [0.05, 0.1) is 0 Å². The molecule has 0 saturated carbocycles. The summed E-state index contributed by atoms with van der Waals surface area (Å²) in [6, 6.07) is 0. The van der Waals surface area contributed by atoms with Crippen LogP contribution in [0.15, 0.2) is 0 Å². The second-order valence-corrected chi connectivity index (χ2v) is 6.26.